The van der Waals surface area contributed by atoms with Gasteiger partial charge in [0.05, 0.1) is 0 Å². The minimum Gasteiger partial charge on any atom is -0.338 e. The van der Waals surface area contributed by atoms with E-state index in [4.69, 9.17) is 0 Å². The Morgan fingerprint density at radius 1 is 1.11 bits per heavy atom. The lowest BCUT2D eigenvalue weighted by Crippen LogP contribution is -2.39. The van der Waals surface area contributed by atoms with Crippen molar-refractivity contribution in [2.45, 2.75) is 33.2 Å². The topological polar surface area (TPSA) is 38.1 Å². The largest absolute Gasteiger partial charge is 0.338 e. The smallest absolute Gasteiger partial charge is 0.270 e. The molecule has 0 bridgehead atoms. The van der Waals surface area contributed by atoms with E-state index in [1.165, 1.54) is 17.5 Å². The van der Waals surface area contributed by atoms with Gasteiger partial charge in [0.1, 0.15) is 5.69 Å². The zero-order valence-electron chi connectivity index (χ0n) is 16.6. The minimum atomic E-state index is 0.138. The van der Waals surface area contributed by atoms with Gasteiger partial charge < -0.3 is 9.47 Å². The predicted molar refractivity (Wildman–Crippen MR) is 112 cm³/mol. The normalized spacial score (nSPS) is 16.9. The molecule has 0 N–H and O–H groups in total. The van der Waals surface area contributed by atoms with Gasteiger partial charge in [0, 0.05) is 43.8 Å². The summed E-state index contributed by atoms with van der Waals surface area (Å²) in [4.78, 5) is 19.5. The van der Waals surface area contributed by atoms with E-state index in [1.54, 1.807) is 12.4 Å². The average molecular weight is 374 g/mol. The van der Waals surface area contributed by atoms with Crippen molar-refractivity contribution in [2.75, 3.05) is 13.1 Å². The Labute approximate surface area is 166 Å². The molecule has 1 amide bonds. The van der Waals surface area contributed by atoms with Gasteiger partial charge >= 0.3 is 0 Å². The van der Waals surface area contributed by atoms with Crippen molar-refractivity contribution in [1.29, 1.82) is 0 Å². The van der Waals surface area contributed by atoms with Gasteiger partial charge in [-0.25, -0.2) is 0 Å². The van der Waals surface area contributed by atoms with Crippen molar-refractivity contribution in [2.24, 2.45) is 5.92 Å². The van der Waals surface area contributed by atoms with Gasteiger partial charge in [0.2, 0.25) is 0 Å². The van der Waals surface area contributed by atoms with Crippen LogP contribution in [0, 0.1) is 12.8 Å². The Bertz CT molecular complexity index is 944. The van der Waals surface area contributed by atoms with Crippen LogP contribution in [0.3, 0.4) is 0 Å². The highest BCUT2D eigenvalue weighted by molar-refractivity contribution is 5.94. The van der Waals surface area contributed by atoms with Crippen LogP contribution in [-0.4, -0.2) is 33.4 Å². The lowest BCUT2D eigenvalue weighted by molar-refractivity contribution is 0.0672. The SMILES string of the molecule is Cc1ccc(Cn2cc(-c3ccncc3)cc2C(=O)N2CCC[C@@H](C)C2)cc1. The molecule has 0 saturated carbocycles. The van der Waals surface area contributed by atoms with Gasteiger partial charge in [-0.2, -0.15) is 0 Å². The fourth-order valence-corrected chi connectivity index (χ4v) is 3.95. The highest BCUT2D eigenvalue weighted by Gasteiger charge is 2.25. The van der Waals surface area contributed by atoms with Crippen LogP contribution in [0.2, 0.25) is 0 Å². The first-order chi connectivity index (χ1) is 13.6. The third-order valence-corrected chi connectivity index (χ3v) is 5.55. The lowest BCUT2D eigenvalue weighted by atomic mass is 10.00. The molecule has 4 heteroatoms. The molecule has 1 saturated heterocycles. The van der Waals surface area contributed by atoms with E-state index in [-0.39, 0.29) is 5.91 Å². The number of benzene rings is 1. The van der Waals surface area contributed by atoms with Crippen molar-refractivity contribution < 1.29 is 4.79 Å². The number of carbonyl (C=O) groups excluding carboxylic acids is 1. The number of pyridine rings is 1. The third-order valence-electron chi connectivity index (χ3n) is 5.55. The molecule has 4 nitrogen and oxygen atoms in total. The van der Waals surface area contributed by atoms with E-state index in [0.29, 0.717) is 12.5 Å². The molecule has 144 valence electrons. The summed E-state index contributed by atoms with van der Waals surface area (Å²) in [6.07, 6.45) is 7.97. The van der Waals surface area contributed by atoms with Crippen LogP contribution in [0.1, 0.15) is 41.4 Å². The van der Waals surface area contributed by atoms with Gasteiger partial charge in [0.25, 0.3) is 5.91 Å². The van der Waals surface area contributed by atoms with Gasteiger partial charge in [-0.3, -0.25) is 9.78 Å². The first kappa shape index (κ1) is 18.5. The second kappa shape index (κ2) is 8.01. The molecule has 0 spiro atoms. The molecule has 0 aliphatic carbocycles. The number of aromatic nitrogens is 2. The zero-order chi connectivity index (χ0) is 19.5. The molecular formula is C24H27N3O. The maximum absolute atomic E-state index is 13.3. The molecule has 3 aromatic rings. The molecule has 1 fully saturated rings. The van der Waals surface area contributed by atoms with E-state index < -0.39 is 0 Å². The first-order valence-corrected chi connectivity index (χ1v) is 10.1. The number of carbonyl (C=O) groups is 1. The molecule has 0 radical (unpaired) electrons. The van der Waals surface area contributed by atoms with E-state index in [2.05, 4.69) is 53.9 Å². The van der Waals surface area contributed by atoms with E-state index in [1.807, 2.05) is 23.1 Å². The summed E-state index contributed by atoms with van der Waals surface area (Å²) in [5.41, 5.74) is 5.35. The number of hydrogen-bond acceptors (Lipinski definition) is 2. The quantitative estimate of drug-likeness (QED) is 0.660. The number of hydrogen-bond donors (Lipinski definition) is 0. The number of nitrogens with zero attached hydrogens (tertiary/aromatic N) is 3. The van der Waals surface area contributed by atoms with Crippen LogP contribution < -0.4 is 0 Å². The average Bonchev–Trinajstić information content (AvgIpc) is 3.13. The second-order valence-electron chi connectivity index (χ2n) is 7.96. The predicted octanol–water partition coefficient (Wildman–Crippen LogP) is 4.78. The summed E-state index contributed by atoms with van der Waals surface area (Å²) in [5.74, 6) is 0.705. The van der Waals surface area contributed by atoms with Gasteiger partial charge in [-0.1, -0.05) is 36.8 Å². The molecule has 1 aliphatic heterocycles. The van der Waals surface area contributed by atoms with E-state index in [0.717, 1.165) is 36.3 Å². The van der Waals surface area contributed by atoms with Crippen molar-refractivity contribution in [3.8, 4) is 11.1 Å². The highest BCUT2D eigenvalue weighted by atomic mass is 16.2. The summed E-state index contributed by atoms with van der Waals surface area (Å²) in [6, 6.07) is 14.5. The molecule has 1 aromatic carbocycles. The van der Waals surface area contributed by atoms with Crippen molar-refractivity contribution in [1.82, 2.24) is 14.5 Å². The third kappa shape index (κ3) is 4.01. The zero-order valence-corrected chi connectivity index (χ0v) is 16.6. The number of piperidine rings is 1. The van der Waals surface area contributed by atoms with Crippen LogP contribution in [0.5, 0.6) is 0 Å². The van der Waals surface area contributed by atoms with Gasteiger partial charge in [0.15, 0.2) is 0 Å². The summed E-state index contributed by atoms with van der Waals surface area (Å²) >= 11 is 0. The minimum absolute atomic E-state index is 0.138. The first-order valence-electron chi connectivity index (χ1n) is 10.1. The molecule has 28 heavy (non-hydrogen) atoms. The standard InChI is InChI=1S/C24H27N3O/c1-18-5-7-20(8-6-18)16-27-17-22(21-9-11-25-12-10-21)14-23(27)24(28)26-13-3-4-19(2)15-26/h5-12,14,17,19H,3-4,13,15-16H2,1-2H3/t19-/m1/s1. The van der Waals surface area contributed by atoms with E-state index >= 15 is 0 Å². The molecule has 2 aromatic heterocycles. The Balaban J connectivity index is 1.69. The van der Waals surface area contributed by atoms with Crippen LogP contribution in [0.15, 0.2) is 61.1 Å². The number of likely N-dealkylation sites (tertiary alicyclic amines) is 1. The molecule has 0 unspecified atom stereocenters. The second-order valence-corrected chi connectivity index (χ2v) is 7.96. The van der Waals surface area contributed by atoms with E-state index in [9.17, 15) is 4.79 Å². The Morgan fingerprint density at radius 3 is 2.57 bits per heavy atom. The molecule has 1 aliphatic rings. The summed E-state index contributed by atoms with van der Waals surface area (Å²) in [5, 5.41) is 0. The number of aryl methyl sites for hydroxylation is 1. The Kier molecular flexibility index (Phi) is 5.29. The molecule has 1 atom stereocenters. The maximum Gasteiger partial charge on any atom is 0.270 e. The Hall–Kier alpha value is -2.88. The van der Waals surface area contributed by atoms with Crippen LogP contribution in [0.4, 0.5) is 0 Å². The van der Waals surface area contributed by atoms with Crippen LogP contribution in [-0.2, 0) is 6.54 Å². The van der Waals surface area contributed by atoms with Crippen molar-refractivity contribution in [3.05, 3.63) is 77.9 Å². The highest BCUT2D eigenvalue weighted by Crippen LogP contribution is 2.25. The van der Waals surface area contributed by atoms with Crippen molar-refractivity contribution in [3.63, 3.8) is 0 Å². The van der Waals surface area contributed by atoms with Gasteiger partial charge in [-0.05, 0) is 55.0 Å². The van der Waals surface area contributed by atoms with Crippen LogP contribution in [0.25, 0.3) is 11.1 Å². The number of rotatable bonds is 4. The van der Waals surface area contributed by atoms with Gasteiger partial charge in [-0.15, -0.1) is 0 Å². The van der Waals surface area contributed by atoms with Crippen molar-refractivity contribution >= 4 is 5.91 Å². The molecule has 3 heterocycles. The fraction of sp³-hybridized carbons (Fsp3) is 0.333. The lowest BCUT2D eigenvalue weighted by Gasteiger charge is -2.31. The van der Waals surface area contributed by atoms with Crippen LogP contribution >= 0.6 is 0 Å². The summed E-state index contributed by atoms with van der Waals surface area (Å²) in [7, 11) is 0. The number of amides is 1. The maximum atomic E-state index is 13.3. The monoisotopic (exact) mass is 373 g/mol. The molecular weight excluding hydrogens is 346 g/mol. The summed E-state index contributed by atoms with van der Waals surface area (Å²) in [6.45, 7) is 6.71. The Morgan fingerprint density at radius 2 is 1.86 bits per heavy atom. The molecule has 4 rings (SSSR count). The fourth-order valence-electron chi connectivity index (χ4n) is 3.95. The summed E-state index contributed by atoms with van der Waals surface area (Å²) < 4.78 is 2.10.